The lowest BCUT2D eigenvalue weighted by molar-refractivity contribution is 0.806. The fourth-order valence-corrected chi connectivity index (χ4v) is 2.37. The zero-order chi connectivity index (χ0) is 13.8. The van der Waals surface area contributed by atoms with E-state index >= 15 is 0 Å². The molecule has 0 atom stereocenters. The van der Waals surface area contributed by atoms with E-state index in [-0.39, 0.29) is 0 Å². The Morgan fingerprint density at radius 2 is 1.35 bits per heavy atom. The van der Waals surface area contributed by atoms with Crippen molar-refractivity contribution in [3.05, 3.63) is 89.2 Å². The number of hydrogen-bond acceptors (Lipinski definition) is 2. The van der Waals surface area contributed by atoms with Crippen molar-refractivity contribution in [3.8, 4) is 0 Å². The summed E-state index contributed by atoms with van der Waals surface area (Å²) in [5.41, 5.74) is 4.75. The monoisotopic (exact) mass is 263 g/mol. The van der Waals surface area contributed by atoms with Crippen molar-refractivity contribution in [2.45, 2.75) is 12.8 Å². The second-order valence-corrected chi connectivity index (χ2v) is 4.91. The Labute approximate surface area is 118 Å². The normalized spacial score (nSPS) is 10.6. The molecule has 0 unspecified atom stereocenters. The van der Waals surface area contributed by atoms with Gasteiger partial charge in [0, 0.05) is 18.4 Å². The average molecular weight is 263 g/mol. The molecule has 1 heterocycles. The van der Waals surface area contributed by atoms with E-state index in [9.17, 15) is 0 Å². The summed E-state index contributed by atoms with van der Waals surface area (Å²) in [6.07, 6.45) is 3.58. The smallest absolute Gasteiger partial charge is 0.0724 e. The predicted octanol–water partition coefficient (Wildman–Crippen LogP) is 2.78. The number of nitrogens with zero attached hydrogens (tertiary/aromatic N) is 2. The van der Waals surface area contributed by atoms with Crippen LogP contribution in [0.1, 0.15) is 22.4 Å². The lowest BCUT2D eigenvalue weighted by atomic mass is 10.0. The van der Waals surface area contributed by atoms with Crippen molar-refractivity contribution >= 4 is 0 Å². The van der Waals surface area contributed by atoms with Crippen LogP contribution in [0.4, 0.5) is 0 Å². The van der Waals surface area contributed by atoms with Crippen LogP contribution >= 0.6 is 0 Å². The molecule has 3 rings (SSSR count). The van der Waals surface area contributed by atoms with Crippen LogP contribution in [0.25, 0.3) is 0 Å². The molecule has 1 aromatic heterocycles. The Morgan fingerprint density at radius 3 is 1.95 bits per heavy atom. The average Bonchev–Trinajstić information content (AvgIpc) is 2.81. The molecule has 0 aliphatic rings. The summed E-state index contributed by atoms with van der Waals surface area (Å²) >= 11 is 0. The lowest BCUT2D eigenvalue weighted by Crippen LogP contribution is -2.08. The van der Waals surface area contributed by atoms with Crippen molar-refractivity contribution in [1.29, 1.82) is 0 Å². The maximum absolute atomic E-state index is 5.79. The lowest BCUT2D eigenvalue weighted by Gasteiger charge is -2.03. The Balaban J connectivity index is 1.85. The number of benzene rings is 2. The fraction of sp³-hybridized carbons (Fsp3) is 0.118. The maximum Gasteiger partial charge on any atom is 0.0724 e. The van der Waals surface area contributed by atoms with Crippen molar-refractivity contribution in [2.24, 2.45) is 0 Å². The van der Waals surface area contributed by atoms with E-state index in [1.54, 1.807) is 0 Å². The summed E-state index contributed by atoms with van der Waals surface area (Å²) in [5, 5.41) is 4.40. The molecule has 0 bridgehead atoms. The minimum atomic E-state index is 0.813. The van der Waals surface area contributed by atoms with Crippen LogP contribution in [0.3, 0.4) is 0 Å². The van der Waals surface area contributed by atoms with Crippen LogP contribution in [-0.2, 0) is 12.8 Å². The second-order valence-electron chi connectivity index (χ2n) is 4.91. The quantitative estimate of drug-likeness (QED) is 0.736. The van der Waals surface area contributed by atoms with Gasteiger partial charge in [-0.05, 0) is 11.1 Å². The highest BCUT2D eigenvalue weighted by atomic mass is 15.5. The largest absolute Gasteiger partial charge is 0.323 e. The highest BCUT2D eigenvalue weighted by Crippen LogP contribution is 2.16. The molecular weight excluding hydrogens is 246 g/mol. The van der Waals surface area contributed by atoms with E-state index in [2.05, 4.69) is 41.5 Å². The van der Waals surface area contributed by atoms with E-state index in [1.807, 2.05) is 30.5 Å². The molecule has 100 valence electrons. The van der Waals surface area contributed by atoms with Crippen LogP contribution in [0.2, 0.25) is 0 Å². The highest BCUT2D eigenvalue weighted by molar-refractivity contribution is 5.31. The molecule has 2 N–H and O–H groups in total. The third kappa shape index (κ3) is 2.88. The zero-order valence-electron chi connectivity index (χ0n) is 11.2. The molecule has 20 heavy (non-hydrogen) atoms. The minimum Gasteiger partial charge on any atom is -0.323 e. The molecule has 0 spiro atoms. The van der Waals surface area contributed by atoms with Crippen LogP contribution < -0.4 is 5.84 Å². The standard InChI is InChI=1S/C17H17N3/c18-20-13-16(11-14-7-3-1-4-8-14)17(19-20)12-15-9-5-2-6-10-15/h1-10,13H,11-12,18H2. The summed E-state index contributed by atoms with van der Waals surface area (Å²) in [7, 11) is 0. The number of nitrogens with two attached hydrogens (primary N) is 1. The van der Waals surface area contributed by atoms with E-state index in [0.29, 0.717) is 0 Å². The fourth-order valence-electron chi connectivity index (χ4n) is 2.37. The molecule has 0 fully saturated rings. The van der Waals surface area contributed by atoms with Crippen LogP contribution in [-0.4, -0.2) is 9.89 Å². The van der Waals surface area contributed by atoms with Gasteiger partial charge in [-0.2, -0.15) is 9.89 Å². The predicted molar refractivity (Wildman–Crippen MR) is 80.9 cm³/mol. The van der Waals surface area contributed by atoms with E-state index in [0.717, 1.165) is 18.5 Å². The number of rotatable bonds is 4. The number of nitrogen functional groups attached to an aromatic ring is 1. The SMILES string of the molecule is Nn1cc(Cc2ccccc2)c(Cc2ccccc2)n1. The molecule has 0 radical (unpaired) electrons. The van der Waals surface area contributed by atoms with Gasteiger partial charge in [-0.1, -0.05) is 60.7 Å². The van der Waals surface area contributed by atoms with E-state index < -0.39 is 0 Å². The van der Waals surface area contributed by atoms with Gasteiger partial charge >= 0.3 is 0 Å². The summed E-state index contributed by atoms with van der Waals surface area (Å²) < 4.78 is 0. The third-order valence-electron chi connectivity index (χ3n) is 3.35. The first-order valence-corrected chi connectivity index (χ1v) is 6.71. The Hall–Kier alpha value is -2.55. The van der Waals surface area contributed by atoms with E-state index in [1.165, 1.54) is 21.5 Å². The van der Waals surface area contributed by atoms with Crippen LogP contribution in [0, 0.1) is 0 Å². The van der Waals surface area contributed by atoms with Gasteiger partial charge in [-0.3, -0.25) is 0 Å². The topological polar surface area (TPSA) is 43.8 Å². The molecular formula is C17H17N3. The van der Waals surface area contributed by atoms with Gasteiger partial charge in [0.1, 0.15) is 0 Å². The molecule has 0 aliphatic heterocycles. The van der Waals surface area contributed by atoms with Crippen LogP contribution in [0.15, 0.2) is 66.9 Å². The van der Waals surface area contributed by atoms with Crippen molar-refractivity contribution in [1.82, 2.24) is 9.89 Å². The van der Waals surface area contributed by atoms with Gasteiger partial charge in [0.2, 0.25) is 0 Å². The molecule has 3 heteroatoms. The molecule has 3 aromatic rings. The van der Waals surface area contributed by atoms with Gasteiger partial charge in [0.15, 0.2) is 0 Å². The van der Waals surface area contributed by atoms with Crippen molar-refractivity contribution in [2.75, 3.05) is 5.84 Å². The van der Waals surface area contributed by atoms with Crippen molar-refractivity contribution < 1.29 is 0 Å². The Morgan fingerprint density at radius 1 is 0.800 bits per heavy atom. The summed E-state index contributed by atoms with van der Waals surface area (Å²) in [6, 6.07) is 20.7. The molecule has 2 aromatic carbocycles. The first kappa shape index (κ1) is 12.5. The molecule has 0 amide bonds. The molecule has 0 saturated heterocycles. The van der Waals surface area contributed by atoms with Gasteiger partial charge in [-0.25, -0.2) is 0 Å². The van der Waals surface area contributed by atoms with E-state index in [4.69, 9.17) is 5.84 Å². The summed E-state index contributed by atoms with van der Waals surface area (Å²) in [4.78, 5) is 1.41. The summed E-state index contributed by atoms with van der Waals surface area (Å²) in [6.45, 7) is 0. The zero-order valence-corrected chi connectivity index (χ0v) is 11.2. The maximum atomic E-state index is 5.79. The first-order valence-electron chi connectivity index (χ1n) is 6.71. The first-order chi connectivity index (χ1) is 9.81. The highest BCUT2D eigenvalue weighted by Gasteiger charge is 2.09. The minimum absolute atomic E-state index is 0.813. The van der Waals surface area contributed by atoms with Crippen molar-refractivity contribution in [3.63, 3.8) is 0 Å². The number of hydrogen-bond donors (Lipinski definition) is 1. The van der Waals surface area contributed by atoms with Gasteiger partial charge < -0.3 is 5.84 Å². The number of aromatic nitrogens is 2. The molecule has 0 saturated carbocycles. The Kier molecular flexibility index (Phi) is 3.50. The van der Waals surface area contributed by atoms with Gasteiger partial charge in [-0.15, -0.1) is 0 Å². The molecule has 3 nitrogen and oxygen atoms in total. The van der Waals surface area contributed by atoms with Gasteiger partial charge in [0.05, 0.1) is 11.9 Å². The van der Waals surface area contributed by atoms with Gasteiger partial charge in [0.25, 0.3) is 0 Å². The summed E-state index contributed by atoms with van der Waals surface area (Å²) in [5.74, 6) is 5.79. The van der Waals surface area contributed by atoms with Crippen LogP contribution in [0.5, 0.6) is 0 Å². The third-order valence-corrected chi connectivity index (χ3v) is 3.35. The molecule has 0 aliphatic carbocycles. The Bertz CT molecular complexity index is 613. The second kappa shape index (κ2) is 5.61.